The van der Waals surface area contributed by atoms with Gasteiger partial charge in [-0.1, -0.05) is 0 Å². The molecule has 1 aromatic rings. The summed E-state index contributed by atoms with van der Waals surface area (Å²) in [5.41, 5.74) is -2.59. The Morgan fingerprint density at radius 2 is 2.05 bits per heavy atom. The van der Waals surface area contributed by atoms with E-state index in [4.69, 9.17) is 11.6 Å². The molecule has 0 aliphatic heterocycles. The summed E-state index contributed by atoms with van der Waals surface area (Å²) in [6.07, 6.45) is -4.83. The molecule has 0 heterocycles. The summed E-state index contributed by atoms with van der Waals surface area (Å²) in [5.74, 6) is -0.832. The zero-order valence-corrected chi connectivity index (χ0v) is 10.2. The molecule has 1 rings (SSSR count). The van der Waals surface area contributed by atoms with Crippen LogP contribution in [0.2, 0.25) is 0 Å². The number of amides is 1. The predicted octanol–water partition coefficient (Wildman–Crippen LogP) is 3.18. The number of alkyl halides is 4. The fourth-order valence-electron chi connectivity index (χ4n) is 1.22. The molecule has 0 saturated carbocycles. The normalized spacial score (nSPS) is 12.9. The van der Waals surface area contributed by atoms with Crippen molar-refractivity contribution < 1.29 is 22.9 Å². The number of nitro benzene ring substituents is 1. The largest absolute Gasteiger partial charge is 0.418 e. The molecule has 0 radical (unpaired) electrons. The summed E-state index contributed by atoms with van der Waals surface area (Å²) in [6.45, 7) is 1.29. The smallest absolute Gasteiger partial charge is 0.324 e. The minimum atomic E-state index is -4.83. The number of nitro groups is 1. The lowest BCUT2D eigenvalue weighted by Gasteiger charge is -2.14. The lowest BCUT2D eigenvalue weighted by molar-refractivity contribution is -0.385. The second kappa shape index (κ2) is 5.43. The van der Waals surface area contributed by atoms with Crippen LogP contribution in [-0.2, 0) is 11.0 Å². The van der Waals surface area contributed by atoms with Crippen LogP contribution in [0.5, 0.6) is 0 Å². The fraction of sp³-hybridized carbons (Fsp3) is 0.300. The number of hydrogen-bond acceptors (Lipinski definition) is 3. The average molecular weight is 297 g/mol. The third kappa shape index (κ3) is 3.82. The molecule has 0 unspecified atom stereocenters. The summed E-state index contributed by atoms with van der Waals surface area (Å²) in [4.78, 5) is 20.8. The Kier molecular flexibility index (Phi) is 4.35. The van der Waals surface area contributed by atoms with Gasteiger partial charge in [0.1, 0.15) is 5.38 Å². The van der Waals surface area contributed by atoms with E-state index in [2.05, 4.69) is 0 Å². The van der Waals surface area contributed by atoms with Crippen molar-refractivity contribution in [2.24, 2.45) is 0 Å². The van der Waals surface area contributed by atoms with Gasteiger partial charge in [-0.15, -0.1) is 11.6 Å². The second-order valence-electron chi connectivity index (χ2n) is 3.59. The quantitative estimate of drug-likeness (QED) is 0.529. The Morgan fingerprint density at radius 3 is 2.47 bits per heavy atom. The van der Waals surface area contributed by atoms with E-state index in [1.165, 1.54) is 6.92 Å². The van der Waals surface area contributed by atoms with E-state index in [0.717, 1.165) is 12.1 Å². The number of carbonyl (C=O) groups excluding carboxylic acids is 1. The molecule has 104 valence electrons. The van der Waals surface area contributed by atoms with E-state index in [1.54, 1.807) is 0 Å². The Balaban J connectivity index is 3.24. The van der Waals surface area contributed by atoms with Gasteiger partial charge >= 0.3 is 6.18 Å². The molecule has 0 fully saturated rings. The highest BCUT2D eigenvalue weighted by atomic mass is 35.5. The first-order valence-corrected chi connectivity index (χ1v) is 5.37. The van der Waals surface area contributed by atoms with Crippen LogP contribution in [0.3, 0.4) is 0 Å². The molecule has 1 N–H and O–H groups in total. The van der Waals surface area contributed by atoms with Crippen LogP contribution in [0.1, 0.15) is 12.5 Å². The minimum absolute atomic E-state index is 0.356. The third-order valence-electron chi connectivity index (χ3n) is 2.14. The van der Waals surface area contributed by atoms with Crippen molar-refractivity contribution in [3.05, 3.63) is 33.9 Å². The summed E-state index contributed by atoms with van der Waals surface area (Å²) < 4.78 is 38.2. The van der Waals surface area contributed by atoms with E-state index in [0.29, 0.717) is 6.07 Å². The lowest BCUT2D eigenvalue weighted by Crippen LogP contribution is -2.22. The molecule has 0 aromatic heterocycles. The van der Waals surface area contributed by atoms with Crippen molar-refractivity contribution in [1.29, 1.82) is 0 Å². The first-order chi connectivity index (χ1) is 8.62. The van der Waals surface area contributed by atoms with Crippen molar-refractivity contribution in [3.8, 4) is 0 Å². The first kappa shape index (κ1) is 15.2. The number of halogens is 4. The molecule has 1 atom stereocenters. The van der Waals surface area contributed by atoms with Gasteiger partial charge in [0.05, 0.1) is 16.2 Å². The molecule has 0 spiro atoms. The molecular weight excluding hydrogens is 289 g/mol. The van der Waals surface area contributed by atoms with Gasteiger partial charge in [-0.05, 0) is 13.0 Å². The number of anilines is 1. The monoisotopic (exact) mass is 296 g/mol. The zero-order valence-electron chi connectivity index (χ0n) is 9.49. The van der Waals surface area contributed by atoms with Gasteiger partial charge in [-0.25, -0.2) is 0 Å². The molecule has 19 heavy (non-hydrogen) atoms. The first-order valence-electron chi connectivity index (χ1n) is 4.93. The standard InChI is InChI=1S/C10H8ClF3N2O3/c1-5(11)9(17)15-8-3-2-6(16(18)19)4-7(8)10(12,13)14/h2-5H,1H3,(H,15,17)/t5-/m1/s1. The van der Waals surface area contributed by atoms with Crippen LogP contribution in [0, 0.1) is 10.1 Å². The summed E-state index contributed by atoms with van der Waals surface area (Å²) >= 11 is 5.42. The van der Waals surface area contributed by atoms with Crippen LogP contribution in [0.15, 0.2) is 18.2 Å². The van der Waals surface area contributed by atoms with Crippen molar-refractivity contribution >= 4 is 28.9 Å². The molecule has 0 saturated heterocycles. The van der Waals surface area contributed by atoms with Gasteiger partial charge in [0.25, 0.3) is 5.69 Å². The van der Waals surface area contributed by atoms with E-state index in [9.17, 15) is 28.1 Å². The van der Waals surface area contributed by atoms with Crippen molar-refractivity contribution in [3.63, 3.8) is 0 Å². The number of hydrogen-bond donors (Lipinski definition) is 1. The minimum Gasteiger partial charge on any atom is -0.324 e. The Hall–Kier alpha value is -1.83. The summed E-state index contributed by atoms with van der Waals surface area (Å²) in [5, 5.41) is 11.4. The van der Waals surface area contributed by atoms with Crippen LogP contribution in [0.4, 0.5) is 24.5 Å². The van der Waals surface area contributed by atoms with Crippen molar-refractivity contribution in [2.45, 2.75) is 18.5 Å². The van der Waals surface area contributed by atoms with Gasteiger partial charge in [0, 0.05) is 12.1 Å². The number of rotatable bonds is 3. The second-order valence-corrected chi connectivity index (χ2v) is 4.24. The Labute approximate surface area is 110 Å². The number of nitrogens with one attached hydrogen (secondary N) is 1. The predicted molar refractivity (Wildman–Crippen MR) is 62.0 cm³/mol. The molecular formula is C10H8ClF3N2O3. The number of carbonyl (C=O) groups is 1. The van der Waals surface area contributed by atoms with Gasteiger partial charge < -0.3 is 5.32 Å². The maximum absolute atomic E-state index is 12.7. The van der Waals surface area contributed by atoms with E-state index in [1.807, 2.05) is 5.32 Å². The summed E-state index contributed by atoms with van der Waals surface area (Å²) in [7, 11) is 0. The average Bonchev–Trinajstić information content (AvgIpc) is 2.27. The maximum Gasteiger partial charge on any atom is 0.418 e. The zero-order chi connectivity index (χ0) is 14.8. The van der Waals surface area contributed by atoms with Gasteiger partial charge in [0.2, 0.25) is 5.91 Å². The van der Waals surface area contributed by atoms with Crippen molar-refractivity contribution in [1.82, 2.24) is 0 Å². The molecule has 0 bridgehead atoms. The Morgan fingerprint density at radius 1 is 1.47 bits per heavy atom. The molecule has 1 amide bonds. The van der Waals surface area contributed by atoms with E-state index < -0.39 is 39.3 Å². The van der Waals surface area contributed by atoms with E-state index in [-0.39, 0.29) is 0 Å². The van der Waals surface area contributed by atoms with Crippen LogP contribution in [-0.4, -0.2) is 16.2 Å². The Bertz CT molecular complexity index is 517. The number of benzene rings is 1. The number of nitrogens with zero attached hydrogens (tertiary/aromatic N) is 1. The highest BCUT2D eigenvalue weighted by molar-refractivity contribution is 6.32. The summed E-state index contributed by atoms with van der Waals surface area (Å²) in [6, 6.07) is 2.04. The third-order valence-corrected chi connectivity index (χ3v) is 2.34. The molecule has 5 nitrogen and oxygen atoms in total. The lowest BCUT2D eigenvalue weighted by atomic mass is 10.1. The SMILES string of the molecule is C[C@@H](Cl)C(=O)Nc1ccc([N+](=O)[O-])cc1C(F)(F)F. The molecule has 0 aliphatic rings. The van der Waals surface area contributed by atoms with Crippen LogP contribution >= 0.6 is 11.6 Å². The number of non-ortho nitro benzene ring substituents is 1. The fourth-order valence-corrected chi connectivity index (χ4v) is 1.28. The van der Waals surface area contributed by atoms with Gasteiger partial charge in [0.15, 0.2) is 0 Å². The maximum atomic E-state index is 12.7. The highest BCUT2D eigenvalue weighted by Gasteiger charge is 2.35. The van der Waals surface area contributed by atoms with Gasteiger partial charge in [-0.3, -0.25) is 14.9 Å². The van der Waals surface area contributed by atoms with E-state index >= 15 is 0 Å². The topological polar surface area (TPSA) is 72.2 Å². The highest BCUT2D eigenvalue weighted by Crippen LogP contribution is 2.37. The van der Waals surface area contributed by atoms with Crippen LogP contribution in [0.25, 0.3) is 0 Å². The molecule has 1 aromatic carbocycles. The molecule has 9 heteroatoms. The molecule has 0 aliphatic carbocycles. The van der Waals surface area contributed by atoms with Crippen LogP contribution < -0.4 is 5.32 Å². The van der Waals surface area contributed by atoms with Gasteiger partial charge in [-0.2, -0.15) is 13.2 Å². The van der Waals surface area contributed by atoms with Crippen molar-refractivity contribution in [2.75, 3.05) is 5.32 Å².